The fourth-order valence-electron chi connectivity index (χ4n) is 0.959. The smallest absolute Gasteiger partial charge is 0.0683 e. The van der Waals surface area contributed by atoms with E-state index in [4.69, 9.17) is 5.11 Å². The molecule has 0 aliphatic heterocycles. The van der Waals surface area contributed by atoms with Gasteiger partial charge in [0.05, 0.1) is 5.69 Å². The summed E-state index contributed by atoms with van der Waals surface area (Å²) in [5.74, 6) is 0. The molecular formula is C9H13BrN2O. The lowest BCUT2D eigenvalue weighted by molar-refractivity contribution is 0.286. The largest absolute Gasteiger partial charge is 0.396 e. The van der Waals surface area contributed by atoms with Crippen molar-refractivity contribution in [1.82, 2.24) is 10.3 Å². The van der Waals surface area contributed by atoms with Gasteiger partial charge in [-0.25, -0.2) is 0 Å². The van der Waals surface area contributed by atoms with Crippen LogP contribution in [-0.4, -0.2) is 23.2 Å². The monoisotopic (exact) mass is 244 g/mol. The Morgan fingerprint density at radius 1 is 1.54 bits per heavy atom. The number of aliphatic hydroxyl groups is 1. The number of nitrogens with one attached hydrogen (secondary N) is 1. The Balaban J connectivity index is 2.32. The van der Waals surface area contributed by atoms with Crippen LogP contribution in [0.15, 0.2) is 22.8 Å². The molecule has 13 heavy (non-hydrogen) atoms. The highest BCUT2D eigenvalue weighted by Crippen LogP contribution is 2.12. The second-order valence-corrected chi connectivity index (χ2v) is 3.54. The van der Waals surface area contributed by atoms with Crippen molar-refractivity contribution in [2.45, 2.75) is 13.0 Å². The molecule has 0 spiro atoms. The van der Waals surface area contributed by atoms with Crippen molar-refractivity contribution in [3.63, 3.8) is 0 Å². The van der Waals surface area contributed by atoms with E-state index in [1.165, 1.54) is 0 Å². The maximum Gasteiger partial charge on any atom is 0.0683 e. The zero-order valence-corrected chi connectivity index (χ0v) is 8.92. The predicted molar refractivity (Wildman–Crippen MR) is 55.3 cm³/mol. The Hall–Kier alpha value is -0.450. The van der Waals surface area contributed by atoms with Crippen LogP contribution in [0.3, 0.4) is 0 Å². The van der Waals surface area contributed by atoms with Crippen LogP contribution in [-0.2, 0) is 6.54 Å². The van der Waals surface area contributed by atoms with Crippen molar-refractivity contribution in [1.29, 1.82) is 0 Å². The molecule has 0 bridgehead atoms. The van der Waals surface area contributed by atoms with Gasteiger partial charge in [-0.15, -0.1) is 0 Å². The van der Waals surface area contributed by atoms with Gasteiger partial charge < -0.3 is 10.4 Å². The third-order valence-corrected chi connectivity index (χ3v) is 2.36. The molecule has 0 aliphatic rings. The molecule has 0 radical (unpaired) electrons. The lowest BCUT2D eigenvalue weighted by Gasteiger charge is -2.04. The number of aliphatic hydroxyl groups excluding tert-OH is 1. The molecule has 2 N–H and O–H groups in total. The number of rotatable bonds is 5. The highest BCUT2D eigenvalue weighted by molar-refractivity contribution is 9.10. The Kier molecular flexibility index (Phi) is 4.97. The summed E-state index contributed by atoms with van der Waals surface area (Å²) < 4.78 is 1.02. The van der Waals surface area contributed by atoms with Crippen LogP contribution in [0, 0.1) is 0 Å². The fourth-order valence-corrected chi connectivity index (χ4v) is 1.35. The number of halogens is 1. The molecule has 0 aromatic carbocycles. The van der Waals surface area contributed by atoms with E-state index in [0.29, 0.717) is 0 Å². The third kappa shape index (κ3) is 3.85. The summed E-state index contributed by atoms with van der Waals surface area (Å²) >= 11 is 3.41. The van der Waals surface area contributed by atoms with Crippen LogP contribution < -0.4 is 5.32 Å². The number of hydrogen-bond acceptors (Lipinski definition) is 3. The molecule has 0 unspecified atom stereocenters. The van der Waals surface area contributed by atoms with Gasteiger partial charge in [-0.2, -0.15) is 0 Å². The maximum absolute atomic E-state index is 8.55. The number of pyridine rings is 1. The van der Waals surface area contributed by atoms with E-state index in [1.54, 1.807) is 6.20 Å². The Morgan fingerprint density at radius 3 is 3.08 bits per heavy atom. The van der Waals surface area contributed by atoms with Crippen LogP contribution in [0.1, 0.15) is 12.1 Å². The summed E-state index contributed by atoms with van der Waals surface area (Å²) in [6.45, 7) is 1.79. The molecule has 0 amide bonds. The molecule has 4 heteroatoms. The van der Waals surface area contributed by atoms with Crippen LogP contribution in [0.4, 0.5) is 0 Å². The molecule has 1 heterocycles. The molecule has 0 saturated carbocycles. The van der Waals surface area contributed by atoms with Gasteiger partial charge >= 0.3 is 0 Å². The van der Waals surface area contributed by atoms with Gasteiger partial charge in [-0.05, 0) is 41.0 Å². The van der Waals surface area contributed by atoms with Crippen LogP contribution >= 0.6 is 15.9 Å². The summed E-state index contributed by atoms with van der Waals surface area (Å²) in [6, 6.07) is 3.86. The number of nitrogens with zero attached hydrogens (tertiary/aromatic N) is 1. The van der Waals surface area contributed by atoms with E-state index in [1.807, 2.05) is 12.1 Å². The number of hydrogen-bond donors (Lipinski definition) is 2. The van der Waals surface area contributed by atoms with Crippen molar-refractivity contribution in [3.8, 4) is 0 Å². The topological polar surface area (TPSA) is 45.1 Å². The zero-order chi connectivity index (χ0) is 9.52. The van der Waals surface area contributed by atoms with E-state index < -0.39 is 0 Å². The first-order valence-corrected chi connectivity index (χ1v) is 5.05. The Morgan fingerprint density at radius 2 is 2.38 bits per heavy atom. The molecule has 0 fully saturated rings. The molecule has 3 nitrogen and oxygen atoms in total. The molecule has 1 rings (SSSR count). The lowest BCUT2D eigenvalue weighted by Crippen LogP contribution is -2.16. The summed E-state index contributed by atoms with van der Waals surface area (Å²) in [4.78, 5) is 4.20. The average molecular weight is 245 g/mol. The van der Waals surface area contributed by atoms with Crippen molar-refractivity contribution < 1.29 is 5.11 Å². The number of aromatic nitrogens is 1. The van der Waals surface area contributed by atoms with Gasteiger partial charge in [0, 0.05) is 23.8 Å². The van der Waals surface area contributed by atoms with Gasteiger partial charge in [0.25, 0.3) is 0 Å². The minimum atomic E-state index is 0.233. The zero-order valence-electron chi connectivity index (χ0n) is 7.33. The van der Waals surface area contributed by atoms with Gasteiger partial charge in [0.2, 0.25) is 0 Å². The molecule has 1 aromatic rings. The molecule has 0 atom stereocenters. The van der Waals surface area contributed by atoms with E-state index in [9.17, 15) is 0 Å². The maximum atomic E-state index is 8.55. The summed E-state index contributed by atoms with van der Waals surface area (Å²) in [6.07, 6.45) is 2.55. The van der Waals surface area contributed by atoms with Crippen molar-refractivity contribution >= 4 is 15.9 Å². The standard InChI is InChI=1S/C9H13BrN2O/c10-8-3-1-5-12-9(8)7-11-4-2-6-13/h1,3,5,11,13H,2,4,6-7H2. The molecule has 0 aliphatic carbocycles. The highest BCUT2D eigenvalue weighted by atomic mass is 79.9. The molecule has 1 aromatic heterocycles. The van der Waals surface area contributed by atoms with Crippen molar-refractivity contribution in [2.75, 3.05) is 13.2 Å². The minimum Gasteiger partial charge on any atom is -0.396 e. The first-order chi connectivity index (χ1) is 6.34. The van der Waals surface area contributed by atoms with Gasteiger partial charge in [-0.3, -0.25) is 4.98 Å². The Labute approximate surface area is 86.3 Å². The highest BCUT2D eigenvalue weighted by Gasteiger charge is 1.97. The Bertz CT molecular complexity index is 255. The van der Waals surface area contributed by atoms with Crippen LogP contribution in [0.5, 0.6) is 0 Å². The quantitative estimate of drug-likeness (QED) is 0.769. The second kappa shape index (κ2) is 6.07. The van der Waals surface area contributed by atoms with Gasteiger partial charge in [0.15, 0.2) is 0 Å². The van der Waals surface area contributed by atoms with E-state index >= 15 is 0 Å². The molecule has 0 saturated heterocycles. The normalized spacial score (nSPS) is 10.3. The molecular weight excluding hydrogens is 232 g/mol. The van der Waals surface area contributed by atoms with Gasteiger partial charge in [-0.1, -0.05) is 0 Å². The van der Waals surface area contributed by atoms with Crippen LogP contribution in [0.2, 0.25) is 0 Å². The first kappa shape index (κ1) is 10.6. The first-order valence-electron chi connectivity index (χ1n) is 4.25. The SMILES string of the molecule is OCCCNCc1ncccc1Br. The van der Waals surface area contributed by atoms with Gasteiger partial charge in [0.1, 0.15) is 0 Å². The molecule has 72 valence electrons. The van der Waals surface area contributed by atoms with E-state index in [-0.39, 0.29) is 6.61 Å². The van der Waals surface area contributed by atoms with E-state index in [0.717, 1.165) is 29.7 Å². The minimum absolute atomic E-state index is 0.233. The fraction of sp³-hybridized carbons (Fsp3) is 0.444. The van der Waals surface area contributed by atoms with Crippen molar-refractivity contribution in [3.05, 3.63) is 28.5 Å². The summed E-state index contributed by atoms with van der Waals surface area (Å²) in [5, 5.41) is 11.7. The van der Waals surface area contributed by atoms with Crippen molar-refractivity contribution in [2.24, 2.45) is 0 Å². The van der Waals surface area contributed by atoms with Crippen LogP contribution in [0.25, 0.3) is 0 Å². The van der Waals surface area contributed by atoms with E-state index in [2.05, 4.69) is 26.2 Å². The average Bonchev–Trinajstić information content (AvgIpc) is 2.15. The third-order valence-electron chi connectivity index (χ3n) is 1.64. The predicted octanol–water partition coefficient (Wildman–Crippen LogP) is 1.32. The lowest BCUT2D eigenvalue weighted by atomic mass is 10.3. The summed E-state index contributed by atoms with van der Waals surface area (Å²) in [7, 11) is 0. The second-order valence-electron chi connectivity index (χ2n) is 2.69. The summed E-state index contributed by atoms with van der Waals surface area (Å²) in [5.41, 5.74) is 1.00.